The number of likely N-dealkylation sites (tertiary alicyclic amines) is 1. The molecule has 2 aromatic rings. The van der Waals surface area contributed by atoms with Crippen molar-refractivity contribution < 1.29 is 17.6 Å². The molecular formula is C17H21ClN4O4S. The van der Waals surface area contributed by atoms with Gasteiger partial charge in [0.05, 0.1) is 5.75 Å². The smallest absolute Gasteiger partial charge is 0.335 e. The summed E-state index contributed by atoms with van der Waals surface area (Å²) in [7, 11) is -3.76. The van der Waals surface area contributed by atoms with Crippen molar-refractivity contribution >= 4 is 27.5 Å². The van der Waals surface area contributed by atoms with Crippen molar-refractivity contribution in [2.24, 2.45) is 0 Å². The van der Waals surface area contributed by atoms with E-state index >= 15 is 0 Å². The van der Waals surface area contributed by atoms with Gasteiger partial charge >= 0.3 is 11.3 Å². The molecule has 1 aliphatic heterocycles. The second kappa shape index (κ2) is 8.71. The molecule has 3 rings (SSSR count). The molecule has 0 bridgehead atoms. The first-order chi connectivity index (χ1) is 12.9. The third-order valence-corrected chi connectivity index (χ3v) is 5.86. The molecule has 1 aliphatic rings. The first kappa shape index (κ1) is 19.6. The van der Waals surface area contributed by atoms with E-state index in [-0.39, 0.29) is 24.1 Å². The summed E-state index contributed by atoms with van der Waals surface area (Å²) in [6.45, 7) is 1.82. The molecule has 0 spiro atoms. The topological polar surface area (TPSA) is 105 Å². The maximum atomic E-state index is 12.4. The highest BCUT2D eigenvalue weighted by Gasteiger charge is 2.23. The minimum Gasteiger partial charge on any atom is -0.412 e. The standard InChI is InChI=1S/C17H21ClN4O4S/c18-14-6-4-5-13(11-14)12-27(24,25)17-21-20-15(26-17)7-8-19-16(23)22-9-2-1-3-10-22/h4-6,11H,1-3,7-10,12H2,(H,19,23). The number of halogens is 1. The van der Waals surface area contributed by atoms with Gasteiger partial charge in [0.2, 0.25) is 15.7 Å². The van der Waals surface area contributed by atoms with Crippen molar-refractivity contribution in [3.05, 3.63) is 40.7 Å². The van der Waals surface area contributed by atoms with Gasteiger partial charge in [0.15, 0.2) is 0 Å². The zero-order valence-electron chi connectivity index (χ0n) is 14.7. The van der Waals surface area contributed by atoms with Gasteiger partial charge in [-0.1, -0.05) is 28.8 Å². The molecule has 8 nitrogen and oxygen atoms in total. The van der Waals surface area contributed by atoms with E-state index in [0.29, 0.717) is 17.1 Å². The number of amides is 2. The second-order valence-electron chi connectivity index (χ2n) is 6.38. The molecule has 1 N–H and O–H groups in total. The normalized spacial score (nSPS) is 14.9. The van der Waals surface area contributed by atoms with E-state index in [0.717, 1.165) is 32.4 Å². The van der Waals surface area contributed by atoms with E-state index in [1.807, 2.05) is 0 Å². The zero-order chi connectivity index (χ0) is 19.3. The minimum atomic E-state index is -3.76. The third-order valence-electron chi connectivity index (χ3n) is 4.22. The molecule has 146 valence electrons. The molecular weight excluding hydrogens is 392 g/mol. The molecule has 0 atom stereocenters. The molecule has 1 aromatic carbocycles. The first-order valence-corrected chi connectivity index (χ1v) is 10.8. The molecule has 0 unspecified atom stereocenters. The van der Waals surface area contributed by atoms with Gasteiger partial charge in [-0.2, -0.15) is 0 Å². The Morgan fingerprint density at radius 3 is 2.74 bits per heavy atom. The number of hydrogen-bond donors (Lipinski definition) is 1. The van der Waals surface area contributed by atoms with Crippen LogP contribution in [0.15, 0.2) is 33.9 Å². The Balaban J connectivity index is 1.53. The fraction of sp³-hybridized carbons (Fsp3) is 0.471. The number of nitrogens with one attached hydrogen (secondary N) is 1. The molecule has 10 heteroatoms. The van der Waals surface area contributed by atoms with Crippen LogP contribution in [0.4, 0.5) is 4.79 Å². The van der Waals surface area contributed by atoms with Crippen LogP contribution in [-0.2, 0) is 22.0 Å². The van der Waals surface area contributed by atoms with Crippen LogP contribution in [-0.4, -0.2) is 49.2 Å². The number of carbonyl (C=O) groups is 1. The quantitative estimate of drug-likeness (QED) is 0.781. The summed E-state index contributed by atoms with van der Waals surface area (Å²) in [5.74, 6) is -0.112. The first-order valence-electron chi connectivity index (χ1n) is 8.76. The van der Waals surface area contributed by atoms with Crippen LogP contribution >= 0.6 is 11.6 Å². The van der Waals surface area contributed by atoms with E-state index in [4.69, 9.17) is 16.0 Å². The van der Waals surface area contributed by atoms with Crippen LogP contribution in [0.1, 0.15) is 30.7 Å². The molecule has 2 heterocycles. The van der Waals surface area contributed by atoms with Crippen LogP contribution < -0.4 is 5.32 Å². The Morgan fingerprint density at radius 2 is 2.00 bits per heavy atom. The minimum absolute atomic E-state index is 0.122. The van der Waals surface area contributed by atoms with E-state index < -0.39 is 15.1 Å². The average Bonchev–Trinajstić information content (AvgIpc) is 3.12. The number of aromatic nitrogens is 2. The summed E-state index contributed by atoms with van der Waals surface area (Å²) in [5.41, 5.74) is 0.538. The number of urea groups is 1. The Kier molecular flexibility index (Phi) is 6.33. The Morgan fingerprint density at radius 1 is 1.22 bits per heavy atom. The Labute approximate surface area is 162 Å². The molecule has 0 radical (unpaired) electrons. The third kappa shape index (κ3) is 5.43. The number of carbonyl (C=O) groups excluding carboxylic acids is 1. The molecule has 1 aromatic heterocycles. The summed E-state index contributed by atoms with van der Waals surface area (Å²) >= 11 is 5.88. The highest BCUT2D eigenvalue weighted by Crippen LogP contribution is 2.18. The van der Waals surface area contributed by atoms with Crippen LogP contribution in [0, 0.1) is 0 Å². The van der Waals surface area contributed by atoms with Gasteiger partial charge < -0.3 is 14.6 Å². The fourth-order valence-electron chi connectivity index (χ4n) is 2.86. The van der Waals surface area contributed by atoms with E-state index in [1.54, 1.807) is 29.2 Å². The lowest BCUT2D eigenvalue weighted by atomic mass is 10.1. The second-order valence-corrected chi connectivity index (χ2v) is 8.68. The lowest BCUT2D eigenvalue weighted by molar-refractivity contribution is 0.186. The van der Waals surface area contributed by atoms with Crippen molar-refractivity contribution in [3.63, 3.8) is 0 Å². The maximum Gasteiger partial charge on any atom is 0.335 e. The number of nitrogens with zero attached hydrogens (tertiary/aromatic N) is 3. The maximum absolute atomic E-state index is 12.4. The molecule has 0 aliphatic carbocycles. The zero-order valence-corrected chi connectivity index (χ0v) is 16.3. The number of piperidine rings is 1. The monoisotopic (exact) mass is 412 g/mol. The largest absolute Gasteiger partial charge is 0.412 e. The van der Waals surface area contributed by atoms with Crippen molar-refractivity contribution in [1.82, 2.24) is 20.4 Å². The summed E-state index contributed by atoms with van der Waals surface area (Å²) in [6, 6.07) is 6.46. The fourth-order valence-corrected chi connectivity index (χ4v) is 4.20. The highest BCUT2D eigenvalue weighted by molar-refractivity contribution is 7.90. The summed E-state index contributed by atoms with van der Waals surface area (Å²) in [5, 5.41) is 10.2. The lowest BCUT2D eigenvalue weighted by Crippen LogP contribution is -2.43. The van der Waals surface area contributed by atoms with Gasteiger partial charge in [-0.05, 0) is 37.0 Å². The van der Waals surface area contributed by atoms with Crippen molar-refractivity contribution in [2.45, 2.75) is 36.7 Å². The predicted octanol–water partition coefficient (Wildman–Crippen LogP) is 2.43. The van der Waals surface area contributed by atoms with Crippen molar-refractivity contribution in [2.75, 3.05) is 19.6 Å². The van der Waals surface area contributed by atoms with Crippen LogP contribution in [0.3, 0.4) is 0 Å². The summed E-state index contributed by atoms with van der Waals surface area (Å²) in [4.78, 5) is 13.8. The lowest BCUT2D eigenvalue weighted by Gasteiger charge is -2.26. The van der Waals surface area contributed by atoms with Gasteiger partial charge in [0.1, 0.15) is 0 Å². The van der Waals surface area contributed by atoms with Gasteiger partial charge in [-0.3, -0.25) is 0 Å². The molecule has 2 amide bonds. The highest BCUT2D eigenvalue weighted by atomic mass is 35.5. The van der Waals surface area contributed by atoms with Crippen molar-refractivity contribution in [3.8, 4) is 0 Å². The number of benzene rings is 1. The average molecular weight is 413 g/mol. The number of rotatable bonds is 6. The van der Waals surface area contributed by atoms with Gasteiger partial charge in [-0.25, -0.2) is 13.2 Å². The molecule has 27 heavy (non-hydrogen) atoms. The van der Waals surface area contributed by atoms with Gasteiger partial charge in [-0.15, -0.1) is 5.10 Å². The van der Waals surface area contributed by atoms with Gasteiger partial charge in [0, 0.05) is 31.1 Å². The summed E-state index contributed by atoms with van der Waals surface area (Å²) < 4.78 is 30.1. The van der Waals surface area contributed by atoms with E-state index in [1.165, 1.54) is 0 Å². The van der Waals surface area contributed by atoms with E-state index in [2.05, 4.69) is 15.5 Å². The van der Waals surface area contributed by atoms with E-state index in [9.17, 15) is 13.2 Å². The number of hydrogen-bond acceptors (Lipinski definition) is 6. The van der Waals surface area contributed by atoms with Gasteiger partial charge in [0.25, 0.3) is 0 Å². The van der Waals surface area contributed by atoms with Crippen LogP contribution in [0.25, 0.3) is 0 Å². The predicted molar refractivity (Wildman–Crippen MR) is 99.2 cm³/mol. The van der Waals surface area contributed by atoms with Crippen LogP contribution in [0.5, 0.6) is 0 Å². The van der Waals surface area contributed by atoms with Crippen LogP contribution in [0.2, 0.25) is 5.02 Å². The number of sulfone groups is 1. The SMILES string of the molecule is O=C(NCCc1nnc(S(=O)(=O)Cc2cccc(Cl)c2)o1)N1CCCCC1. The van der Waals surface area contributed by atoms with Crippen molar-refractivity contribution in [1.29, 1.82) is 0 Å². The Hall–Kier alpha value is -2.13. The molecule has 1 fully saturated rings. The summed E-state index contributed by atoms with van der Waals surface area (Å²) in [6.07, 6.45) is 3.45. The molecule has 0 saturated carbocycles. The Bertz CT molecular complexity index is 894. The molecule has 1 saturated heterocycles.